The van der Waals surface area contributed by atoms with Crippen LogP contribution < -0.4 is 0 Å². The minimum atomic E-state index is -0.988. The summed E-state index contributed by atoms with van der Waals surface area (Å²) in [5.41, 5.74) is 1.88. The molecule has 1 aliphatic carbocycles. The number of benzene rings is 1. The Morgan fingerprint density at radius 3 is 2.67 bits per heavy atom. The molecule has 2 heterocycles. The van der Waals surface area contributed by atoms with E-state index in [0.717, 1.165) is 18.4 Å². The Labute approximate surface area is 195 Å². The minimum Gasteiger partial charge on any atom is -0.480 e. The maximum absolute atomic E-state index is 14.7. The molecule has 0 spiro atoms. The first-order valence-corrected chi connectivity index (χ1v) is 11.8. The highest BCUT2D eigenvalue weighted by Gasteiger charge is 2.41. The van der Waals surface area contributed by atoms with Crippen molar-refractivity contribution >= 4 is 34.7 Å². The van der Waals surface area contributed by atoms with Crippen LogP contribution in [0.15, 0.2) is 42.1 Å². The highest BCUT2D eigenvalue weighted by atomic mass is 32.2. The van der Waals surface area contributed by atoms with Crippen molar-refractivity contribution < 1.29 is 23.9 Å². The second kappa shape index (κ2) is 10.0. The van der Waals surface area contributed by atoms with Crippen molar-refractivity contribution in [2.45, 2.75) is 44.0 Å². The van der Waals surface area contributed by atoms with Gasteiger partial charge in [0.05, 0.1) is 11.7 Å². The number of carboxylic acids is 1. The van der Waals surface area contributed by atoms with Crippen molar-refractivity contribution in [2.75, 3.05) is 13.1 Å². The lowest BCUT2D eigenvalue weighted by atomic mass is 9.93. The van der Waals surface area contributed by atoms with Gasteiger partial charge in [-0.2, -0.15) is 5.10 Å². The van der Waals surface area contributed by atoms with Crippen molar-refractivity contribution in [2.24, 2.45) is 5.92 Å². The molecule has 174 valence electrons. The van der Waals surface area contributed by atoms with Crippen LogP contribution in [0.2, 0.25) is 0 Å². The Bertz CT molecular complexity index is 1090. The summed E-state index contributed by atoms with van der Waals surface area (Å²) in [5.74, 6) is -1.37. The summed E-state index contributed by atoms with van der Waals surface area (Å²) in [6, 6.07) is 7.46. The summed E-state index contributed by atoms with van der Waals surface area (Å²) in [6.07, 6.45) is 5.75. The van der Waals surface area contributed by atoms with E-state index in [1.165, 1.54) is 29.4 Å². The fourth-order valence-electron chi connectivity index (χ4n) is 4.27. The van der Waals surface area contributed by atoms with E-state index < -0.39 is 17.8 Å². The molecule has 1 aromatic carbocycles. The maximum Gasteiger partial charge on any atom is 0.325 e. The van der Waals surface area contributed by atoms with Gasteiger partial charge in [-0.3, -0.25) is 24.0 Å². The standard InChI is InChI=1S/C24H26FN3O4S/c1-15(29)33-21-9-10-27(13-17(21)12-18-8-11-28(26-18)14-22(30)31)23(24(32)16-6-7-16)19-4-2-3-5-20(19)25/h2-5,8,11-12,16,21,23H,6-7,9-10,13-14H2,1H3,(H,30,31)/b17-12+. The molecule has 2 unspecified atom stereocenters. The van der Waals surface area contributed by atoms with Crippen LogP contribution in [0.1, 0.15) is 43.5 Å². The topological polar surface area (TPSA) is 92.5 Å². The average Bonchev–Trinajstić information content (AvgIpc) is 3.52. The molecule has 0 bridgehead atoms. The summed E-state index contributed by atoms with van der Waals surface area (Å²) in [4.78, 5) is 38.0. The molecule has 2 aliphatic rings. The Morgan fingerprint density at radius 1 is 1.24 bits per heavy atom. The van der Waals surface area contributed by atoms with Gasteiger partial charge in [-0.15, -0.1) is 0 Å². The van der Waals surface area contributed by atoms with Gasteiger partial charge in [-0.25, -0.2) is 4.39 Å². The molecule has 7 nitrogen and oxygen atoms in total. The molecule has 2 fully saturated rings. The summed E-state index contributed by atoms with van der Waals surface area (Å²) in [6.45, 7) is 2.24. The van der Waals surface area contributed by atoms with Crippen molar-refractivity contribution in [1.29, 1.82) is 0 Å². The number of aliphatic carboxylic acids is 1. The SMILES string of the molecule is CC(=O)SC1CCN(C(C(=O)C2CC2)c2ccccc2F)C/C1=C\c1ccn(CC(=O)O)n1. The summed E-state index contributed by atoms with van der Waals surface area (Å²) in [5, 5.41) is 13.2. The van der Waals surface area contributed by atoms with Gasteiger partial charge in [-0.05, 0) is 43.0 Å². The van der Waals surface area contributed by atoms with E-state index in [0.29, 0.717) is 30.8 Å². The number of ketones is 1. The molecule has 1 N–H and O–H groups in total. The molecule has 0 amide bonds. The summed E-state index contributed by atoms with van der Waals surface area (Å²) < 4.78 is 16.1. The Morgan fingerprint density at radius 2 is 2.00 bits per heavy atom. The van der Waals surface area contributed by atoms with Gasteiger partial charge in [0, 0.05) is 42.9 Å². The number of likely N-dealkylation sites (tertiary alicyclic amines) is 1. The highest BCUT2D eigenvalue weighted by Crippen LogP contribution is 2.40. The van der Waals surface area contributed by atoms with Crippen molar-refractivity contribution in [3.05, 3.63) is 59.2 Å². The number of rotatable bonds is 8. The number of hydrogen-bond donors (Lipinski definition) is 1. The Balaban J connectivity index is 1.64. The van der Waals surface area contributed by atoms with E-state index in [1.54, 1.807) is 30.5 Å². The third kappa shape index (κ3) is 5.78. The van der Waals surface area contributed by atoms with Crippen molar-refractivity contribution in [3.63, 3.8) is 0 Å². The lowest BCUT2D eigenvalue weighted by Gasteiger charge is -2.38. The molecule has 1 saturated heterocycles. The zero-order valence-electron chi connectivity index (χ0n) is 18.3. The van der Waals surface area contributed by atoms with Crippen molar-refractivity contribution in [3.8, 4) is 0 Å². The molecule has 1 aliphatic heterocycles. The van der Waals surface area contributed by atoms with Crippen LogP contribution in [-0.4, -0.2) is 55.0 Å². The van der Waals surface area contributed by atoms with E-state index in [1.807, 2.05) is 11.0 Å². The van der Waals surface area contributed by atoms with Gasteiger partial charge in [0.15, 0.2) is 10.9 Å². The smallest absolute Gasteiger partial charge is 0.325 e. The molecular weight excluding hydrogens is 445 g/mol. The number of carboxylic acid groups (broad SMARTS) is 1. The number of carbonyl (C=O) groups excluding carboxylic acids is 2. The third-order valence-corrected chi connectivity index (χ3v) is 7.05. The molecule has 33 heavy (non-hydrogen) atoms. The predicted octanol–water partition coefficient (Wildman–Crippen LogP) is 3.56. The molecule has 2 aromatic rings. The molecule has 9 heteroatoms. The number of nitrogens with zero attached hydrogens (tertiary/aromatic N) is 3. The zero-order valence-corrected chi connectivity index (χ0v) is 19.1. The van der Waals surface area contributed by atoms with E-state index in [2.05, 4.69) is 5.10 Å². The van der Waals surface area contributed by atoms with Crippen molar-refractivity contribution in [1.82, 2.24) is 14.7 Å². The number of carbonyl (C=O) groups is 3. The molecule has 2 atom stereocenters. The number of aromatic nitrogens is 2. The first-order chi connectivity index (χ1) is 15.8. The minimum absolute atomic E-state index is 0.00420. The van der Waals surface area contributed by atoms with Gasteiger partial charge in [0.1, 0.15) is 12.4 Å². The normalized spacial score (nSPS) is 21.2. The van der Waals surface area contributed by atoms with Crippen LogP contribution >= 0.6 is 11.8 Å². The number of halogens is 1. The molecule has 1 aromatic heterocycles. The second-order valence-corrected chi connectivity index (χ2v) is 9.89. The summed E-state index contributed by atoms with van der Waals surface area (Å²) >= 11 is 1.24. The van der Waals surface area contributed by atoms with E-state index in [9.17, 15) is 18.8 Å². The summed E-state index contributed by atoms with van der Waals surface area (Å²) in [7, 11) is 0. The van der Waals surface area contributed by atoms with Crippen LogP contribution in [0, 0.1) is 11.7 Å². The fourth-order valence-corrected chi connectivity index (χ4v) is 5.18. The second-order valence-electron chi connectivity index (χ2n) is 8.51. The average molecular weight is 472 g/mol. The molecule has 4 rings (SSSR count). The maximum atomic E-state index is 14.7. The van der Waals surface area contributed by atoms with Crippen LogP contribution in [-0.2, 0) is 20.9 Å². The van der Waals surface area contributed by atoms with Crippen LogP contribution in [0.3, 0.4) is 0 Å². The van der Waals surface area contributed by atoms with Crippen LogP contribution in [0.25, 0.3) is 6.08 Å². The van der Waals surface area contributed by atoms with E-state index in [-0.39, 0.29) is 28.6 Å². The Kier molecular flexibility index (Phi) is 7.09. The zero-order chi connectivity index (χ0) is 23.5. The molecule has 0 radical (unpaired) electrons. The number of piperidine rings is 1. The number of Topliss-reactive ketones (excluding diaryl/α,β-unsaturated/α-hetero) is 1. The van der Waals surface area contributed by atoms with Gasteiger partial charge < -0.3 is 5.11 Å². The molecular formula is C24H26FN3O4S. The van der Waals surface area contributed by atoms with Crippen LogP contribution in [0.4, 0.5) is 4.39 Å². The highest BCUT2D eigenvalue weighted by molar-refractivity contribution is 8.14. The van der Waals surface area contributed by atoms with Gasteiger partial charge >= 0.3 is 5.97 Å². The van der Waals surface area contributed by atoms with Crippen LogP contribution in [0.5, 0.6) is 0 Å². The lowest BCUT2D eigenvalue weighted by molar-refractivity contribution is -0.138. The molecule has 1 saturated carbocycles. The largest absolute Gasteiger partial charge is 0.480 e. The first-order valence-electron chi connectivity index (χ1n) is 11.0. The predicted molar refractivity (Wildman–Crippen MR) is 123 cm³/mol. The first kappa shape index (κ1) is 23.4. The van der Waals surface area contributed by atoms with Gasteiger partial charge in [0.25, 0.3) is 0 Å². The Hall–Kier alpha value is -2.78. The van der Waals surface area contributed by atoms with Gasteiger partial charge in [0.2, 0.25) is 0 Å². The van der Waals surface area contributed by atoms with E-state index in [4.69, 9.17) is 5.11 Å². The fraction of sp³-hybridized carbons (Fsp3) is 0.417. The lowest BCUT2D eigenvalue weighted by Crippen LogP contribution is -2.43. The monoisotopic (exact) mass is 471 g/mol. The number of thioether (sulfide) groups is 1. The quantitative estimate of drug-likeness (QED) is 0.629. The van der Waals surface area contributed by atoms with E-state index >= 15 is 0 Å². The third-order valence-electron chi connectivity index (χ3n) is 5.89. The number of hydrogen-bond acceptors (Lipinski definition) is 6. The van der Waals surface area contributed by atoms with Gasteiger partial charge in [-0.1, -0.05) is 30.0 Å².